The topological polar surface area (TPSA) is 49.8 Å². The quantitative estimate of drug-likeness (QED) is 0.768. The number of benzene rings is 1. The van der Waals surface area contributed by atoms with Gasteiger partial charge in [-0.2, -0.15) is 0 Å². The Morgan fingerprint density at radius 2 is 1.94 bits per heavy atom. The van der Waals surface area contributed by atoms with Gasteiger partial charge in [0.25, 0.3) is 0 Å². The van der Waals surface area contributed by atoms with Crippen LogP contribution in [0, 0.1) is 0 Å². The molecule has 1 N–H and O–H groups in total. The standard InChI is InChI=1S/C14H21NO3/c1-15(11-9-14(16)17)10-3-4-12-5-7-13(18-2)8-6-12/h5-8H,3-4,9-11H2,1-2H3,(H,16,17). The largest absolute Gasteiger partial charge is 0.497 e. The summed E-state index contributed by atoms with van der Waals surface area (Å²) in [5, 5.41) is 8.58. The summed E-state index contributed by atoms with van der Waals surface area (Å²) in [5.41, 5.74) is 1.28. The number of hydrogen-bond acceptors (Lipinski definition) is 3. The second-order valence-corrected chi connectivity index (χ2v) is 4.40. The summed E-state index contributed by atoms with van der Waals surface area (Å²) >= 11 is 0. The minimum atomic E-state index is -0.739. The fourth-order valence-electron chi connectivity index (χ4n) is 1.74. The molecule has 0 atom stereocenters. The van der Waals surface area contributed by atoms with E-state index in [0.717, 1.165) is 25.1 Å². The molecule has 0 saturated carbocycles. The SMILES string of the molecule is COc1ccc(CCCN(C)CCC(=O)O)cc1. The van der Waals surface area contributed by atoms with Crippen molar-refractivity contribution in [3.63, 3.8) is 0 Å². The molecule has 18 heavy (non-hydrogen) atoms. The predicted octanol–water partition coefficient (Wildman–Crippen LogP) is 2.03. The Balaban J connectivity index is 2.22. The predicted molar refractivity (Wildman–Crippen MR) is 71.1 cm³/mol. The van der Waals surface area contributed by atoms with Crippen molar-refractivity contribution in [1.82, 2.24) is 4.90 Å². The first kappa shape index (κ1) is 14.5. The molecule has 0 amide bonds. The molecule has 0 heterocycles. The third kappa shape index (κ3) is 5.68. The van der Waals surface area contributed by atoms with E-state index in [1.54, 1.807) is 7.11 Å². The van der Waals surface area contributed by atoms with Crippen molar-refractivity contribution in [3.05, 3.63) is 29.8 Å². The van der Waals surface area contributed by atoms with Crippen molar-refractivity contribution < 1.29 is 14.6 Å². The smallest absolute Gasteiger partial charge is 0.304 e. The van der Waals surface area contributed by atoms with Crippen LogP contribution in [-0.4, -0.2) is 43.2 Å². The minimum absolute atomic E-state index is 0.207. The van der Waals surface area contributed by atoms with Crippen molar-refractivity contribution in [2.45, 2.75) is 19.3 Å². The van der Waals surface area contributed by atoms with E-state index in [1.165, 1.54) is 5.56 Å². The van der Waals surface area contributed by atoms with Crippen LogP contribution in [0.1, 0.15) is 18.4 Å². The van der Waals surface area contributed by atoms with Crippen molar-refractivity contribution in [3.8, 4) is 5.75 Å². The normalized spacial score (nSPS) is 10.6. The van der Waals surface area contributed by atoms with Gasteiger partial charge >= 0.3 is 5.97 Å². The van der Waals surface area contributed by atoms with Gasteiger partial charge in [-0.3, -0.25) is 4.79 Å². The Bertz CT molecular complexity index is 362. The molecule has 0 aromatic heterocycles. The van der Waals surface area contributed by atoms with Crippen molar-refractivity contribution in [2.75, 3.05) is 27.2 Å². The molecule has 0 aliphatic rings. The summed E-state index contributed by atoms with van der Waals surface area (Å²) in [4.78, 5) is 12.5. The zero-order valence-electron chi connectivity index (χ0n) is 11.1. The summed E-state index contributed by atoms with van der Waals surface area (Å²) in [6.07, 6.45) is 2.24. The summed E-state index contributed by atoms with van der Waals surface area (Å²) < 4.78 is 5.10. The van der Waals surface area contributed by atoms with Gasteiger partial charge in [-0.15, -0.1) is 0 Å². The molecule has 0 fully saturated rings. The molecule has 0 unspecified atom stereocenters. The Morgan fingerprint density at radius 3 is 2.50 bits per heavy atom. The summed E-state index contributed by atoms with van der Waals surface area (Å²) in [6.45, 7) is 1.53. The third-order valence-corrected chi connectivity index (χ3v) is 2.87. The molecule has 0 aliphatic heterocycles. The van der Waals surface area contributed by atoms with Crippen molar-refractivity contribution >= 4 is 5.97 Å². The number of methoxy groups -OCH3 is 1. The first-order chi connectivity index (χ1) is 8.61. The van der Waals surface area contributed by atoms with E-state index in [-0.39, 0.29) is 6.42 Å². The zero-order valence-corrected chi connectivity index (χ0v) is 11.1. The van der Waals surface area contributed by atoms with Gasteiger partial charge in [0.1, 0.15) is 5.75 Å². The fraction of sp³-hybridized carbons (Fsp3) is 0.500. The summed E-state index contributed by atoms with van der Waals surface area (Å²) in [5.74, 6) is 0.134. The van der Waals surface area contributed by atoms with Gasteiger partial charge < -0.3 is 14.7 Å². The lowest BCUT2D eigenvalue weighted by atomic mass is 10.1. The van der Waals surface area contributed by atoms with E-state index in [4.69, 9.17) is 9.84 Å². The van der Waals surface area contributed by atoms with Crippen LogP contribution in [0.5, 0.6) is 5.75 Å². The number of carboxylic acid groups (broad SMARTS) is 1. The highest BCUT2D eigenvalue weighted by Crippen LogP contribution is 2.12. The van der Waals surface area contributed by atoms with Crippen LogP contribution in [0.15, 0.2) is 24.3 Å². The number of ether oxygens (including phenoxy) is 1. The molecule has 0 saturated heterocycles. The molecule has 100 valence electrons. The first-order valence-corrected chi connectivity index (χ1v) is 6.15. The van der Waals surface area contributed by atoms with E-state index in [2.05, 4.69) is 17.0 Å². The van der Waals surface area contributed by atoms with Crippen LogP contribution in [-0.2, 0) is 11.2 Å². The molecule has 1 aromatic carbocycles. The maximum Gasteiger partial charge on any atom is 0.304 e. The molecular formula is C14H21NO3. The van der Waals surface area contributed by atoms with Gasteiger partial charge in [0, 0.05) is 6.54 Å². The van der Waals surface area contributed by atoms with Crippen LogP contribution >= 0.6 is 0 Å². The molecule has 0 aliphatic carbocycles. The number of nitrogens with zero attached hydrogens (tertiary/aromatic N) is 1. The van der Waals surface area contributed by atoms with E-state index in [9.17, 15) is 4.79 Å². The number of aryl methyl sites for hydroxylation is 1. The highest BCUT2D eigenvalue weighted by molar-refractivity contribution is 5.66. The van der Waals surface area contributed by atoms with Crippen LogP contribution in [0.2, 0.25) is 0 Å². The third-order valence-electron chi connectivity index (χ3n) is 2.87. The zero-order chi connectivity index (χ0) is 13.4. The Kier molecular flexibility index (Phi) is 6.22. The van der Waals surface area contributed by atoms with Gasteiger partial charge in [0.05, 0.1) is 13.5 Å². The number of carbonyl (C=O) groups is 1. The lowest BCUT2D eigenvalue weighted by Crippen LogP contribution is -2.23. The number of hydrogen-bond donors (Lipinski definition) is 1. The van der Waals surface area contributed by atoms with Crippen LogP contribution in [0.25, 0.3) is 0 Å². The molecular weight excluding hydrogens is 230 g/mol. The molecule has 1 aromatic rings. The van der Waals surface area contributed by atoms with E-state index in [0.29, 0.717) is 6.54 Å². The number of carboxylic acids is 1. The maximum absolute atomic E-state index is 10.4. The van der Waals surface area contributed by atoms with Crippen LogP contribution < -0.4 is 4.74 Å². The fourth-order valence-corrected chi connectivity index (χ4v) is 1.74. The van der Waals surface area contributed by atoms with Crippen molar-refractivity contribution in [1.29, 1.82) is 0 Å². The van der Waals surface area contributed by atoms with E-state index >= 15 is 0 Å². The van der Waals surface area contributed by atoms with Crippen LogP contribution in [0.4, 0.5) is 0 Å². The molecule has 0 bridgehead atoms. The number of rotatable bonds is 8. The highest BCUT2D eigenvalue weighted by Gasteiger charge is 2.02. The van der Waals surface area contributed by atoms with Gasteiger partial charge in [-0.05, 0) is 44.1 Å². The molecule has 0 spiro atoms. The van der Waals surface area contributed by atoms with E-state index in [1.807, 2.05) is 19.2 Å². The Morgan fingerprint density at radius 1 is 1.28 bits per heavy atom. The van der Waals surface area contributed by atoms with E-state index < -0.39 is 5.97 Å². The molecule has 4 nitrogen and oxygen atoms in total. The van der Waals surface area contributed by atoms with Gasteiger partial charge in [-0.25, -0.2) is 0 Å². The molecule has 1 rings (SSSR count). The van der Waals surface area contributed by atoms with Crippen LogP contribution in [0.3, 0.4) is 0 Å². The van der Waals surface area contributed by atoms with Gasteiger partial charge in [-0.1, -0.05) is 12.1 Å². The lowest BCUT2D eigenvalue weighted by molar-refractivity contribution is -0.137. The Labute approximate surface area is 108 Å². The van der Waals surface area contributed by atoms with Gasteiger partial charge in [0.2, 0.25) is 0 Å². The second-order valence-electron chi connectivity index (χ2n) is 4.40. The molecule has 4 heteroatoms. The number of aliphatic carboxylic acids is 1. The summed E-state index contributed by atoms with van der Waals surface area (Å²) in [7, 11) is 3.61. The lowest BCUT2D eigenvalue weighted by Gasteiger charge is -2.15. The highest BCUT2D eigenvalue weighted by atomic mass is 16.5. The van der Waals surface area contributed by atoms with Gasteiger partial charge in [0.15, 0.2) is 0 Å². The maximum atomic E-state index is 10.4. The monoisotopic (exact) mass is 251 g/mol. The average molecular weight is 251 g/mol. The average Bonchev–Trinajstić information content (AvgIpc) is 2.37. The summed E-state index contributed by atoms with van der Waals surface area (Å²) in [6, 6.07) is 8.05. The Hall–Kier alpha value is -1.55. The van der Waals surface area contributed by atoms with Crippen molar-refractivity contribution in [2.24, 2.45) is 0 Å². The first-order valence-electron chi connectivity index (χ1n) is 6.15. The minimum Gasteiger partial charge on any atom is -0.497 e. The second kappa shape index (κ2) is 7.71. The molecule has 0 radical (unpaired) electrons.